The summed E-state index contributed by atoms with van der Waals surface area (Å²) >= 11 is 0. The lowest BCUT2D eigenvalue weighted by atomic mass is 9.93. The first-order valence-corrected chi connectivity index (χ1v) is 15.0. The van der Waals surface area contributed by atoms with Crippen molar-refractivity contribution in [3.8, 4) is 11.5 Å². The van der Waals surface area contributed by atoms with Gasteiger partial charge in [-0.15, -0.1) is 0 Å². The fourth-order valence-electron chi connectivity index (χ4n) is 4.86. The molecule has 2 aliphatic rings. The van der Waals surface area contributed by atoms with Crippen LogP contribution in [0.1, 0.15) is 93.4 Å². The minimum absolute atomic E-state index is 0.0132. The summed E-state index contributed by atoms with van der Waals surface area (Å²) in [5.74, 6) is -0.943. The highest BCUT2D eigenvalue weighted by Crippen LogP contribution is 2.35. The van der Waals surface area contributed by atoms with E-state index in [-0.39, 0.29) is 29.9 Å². The lowest BCUT2D eigenvalue weighted by molar-refractivity contribution is -0.125. The Hall–Kier alpha value is -3.76. The van der Waals surface area contributed by atoms with Crippen molar-refractivity contribution in [1.29, 1.82) is 0 Å². The van der Waals surface area contributed by atoms with Crippen molar-refractivity contribution in [2.24, 2.45) is 5.41 Å². The average Bonchev–Trinajstić information content (AvgIpc) is 2.98. The van der Waals surface area contributed by atoms with Crippen LogP contribution < -0.4 is 14.4 Å². The molecule has 10 nitrogen and oxygen atoms in total. The number of hydrogen-bond acceptors (Lipinski definition) is 9. The van der Waals surface area contributed by atoms with Gasteiger partial charge in [0.1, 0.15) is 11.5 Å². The van der Waals surface area contributed by atoms with E-state index in [9.17, 15) is 19.2 Å². The van der Waals surface area contributed by atoms with Crippen molar-refractivity contribution in [3.05, 3.63) is 53.6 Å². The van der Waals surface area contributed by atoms with Crippen LogP contribution in [0.4, 0.5) is 10.5 Å². The molecule has 2 saturated heterocycles. The summed E-state index contributed by atoms with van der Waals surface area (Å²) in [4.78, 5) is 54.8. The smallest absolute Gasteiger partial charge is 0.421 e. The van der Waals surface area contributed by atoms with Gasteiger partial charge < -0.3 is 23.7 Å². The highest BCUT2D eigenvalue weighted by molar-refractivity contribution is 6.21. The SMILES string of the molecule is CCOC(=O)N(C(=O)C(C)(C)C)c1cccc(OC2CCCCO2)c1C(=O)CC(=O)c1ccc(OC2CCCCO2)cc1. The van der Waals surface area contributed by atoms with Crippen LogP contribution in [0.5, 0.6) is 11.5 Å². The van der Waals surface area contributed by atoms with E-state index in [2.05, 4.69) is 0 Å². The van der Waals surface area contributed by atoms with E-state index in [4.69, 9.17) is 23.7 Å². The third kappa shape index (κ3) is 8.42. The van der Waals surface area contributed by atoms with Gasteiger partial charge in [-0.2, -0.15) is 0 Å². The number of carbonyl (C=O) groups excluding carboxylic acids is 4. The van der Waals surface area contributed by atoms with Crippen molar-refractivity contribution in [2.75, 3.05) is 24.7 Å². The fraction of sp³-hybridized carbons (Fsp3) is 0.515. The summed E-state index contributed by atoms with van der Waals surface area (Å²) in [6, 6.07) is 11.2. The van der Waals surface area contributed by atoms with Crippen LogP contribution >= 0.6 is 0 Å². The van der Waals surface area contributed by atoms with Gasteiger partial charge in [-0.1, -0.05) is 26.8 Å². The van der Waals surface area contributed by atoms with Gasteiger partial charge in [0.05, 0.1) is 37.5 Å². The molecule has 0 bridgehead atoms. The fourth-order valence-corrected chi connectivity index (χ4v) is 4.86. The molecule has 43 heavy (non-hydrogen) atoms. The second-order valence-electron chi connectivity index (χ2n) is 11.6. The number of carbonyl (C=O) groups is 4. The maximum absolute atomic E-state index is 13.9. The number of Topliss-reactive ketones (excluding diaryl/α,β-unsaturated/α-hetero) is 2. The molecule has 2 heterocycles. The van der Waals surface area contributed by atoms with E-state index in [1.165, 1.54) is 6.07 Å². The van der Waals surface area contributed by atoms with Crippen molar-refractivity contribution in [2.45, 2.75) is 85.2 Å². The largest absolute Gasteiger partial charge is 0.465 e. The third-order valence-electron chi connectivity index (χ3n) is 7.12. The molecule has 2 aromatic rings. The summed E-state index contributed by atoms with van der Waals surface area (Å²) < 4.78 is 28.5. The van der Waals surface area contributed by atoms with Gasteiger partial charge in [0.2, 0.25) is 5.91 Å². The number of benzene rings is 2. The van der Waals surface area contributed by atoms with Gasteiger partial charge in [-0.05, 0) is 69.0 Å². The van der Waals surface area contributed by atoms with Crippen LogP contribution in [-0.4, -0.2) is 56.0 Å². The Morgan fingerprint density at radius 1 is 0.837 bits per heavy atom. The highest BCUT2D eigenvalue weighted by atomic mass is 16.7. The average molecular weight is 596 g/mol. The monoisotopic (exact) mass is 595 g/mol. The highest BCUT2D eigenvalue weighted by Gasteiger charge is 2.37. The van der Waals surface area contributed by atoms with E-state index in [1.807, 2.05) is 0 Å². The second-order valence-corrected chi connectivity index (χ2v) is 11.6. The van der Waals surface area contributed by atoms with E-state index >= 15 is 0 Å². The van der Waals surface area contributed by atoms with Gasteiger partial charge in [-0.3, -0.25) is 14.4 Å². The second kappa shape index (κ2) is 14.6. The summed E-state index contributed by atoms with van der Waals surface area (Å²) in [5.41, 5.74) is -0.752. The van der Waals surface area contributed by atoms with Crippen LogP contribution in [-0.2, 0) is 19.0 Å². The molecule has 2 fully saturated rings. The summed E-state index contributed by atoms with van der Waals surface area (Å²) in [6.45, 7) is 7.80. The molecule has 2 unspecified atom stereocenters. The number of hydrogen-bond donors (Lipinski definition) is 0. The molecule has 2 aliphatic heterocycles. The molecular formula is C33H41NO9. The predicted molar refractivity (Wildman–Crippen MR) is 159 cm³/mol. The number of imide groups is 1. The van der Waals surface area contributed by atoms with E-state index < -0.39 is 41.7 Å². The Morgan fingerprint density at radius 3 is 2.02 bits per heavy atom. The summed E-state index contributed by atoms with van der Waals surface area (Å²) in [5, 5.41) is 0. The molecule has 0 radical (unpaired) electrons. The van der Waals surface area contributed by atoms with Crippen LogP contribution in [0.2, 0.25) is 0 Å². The normalized spacial score (nSPS) is 18.8. The van der Waals surface area contributed by atoms with Crippen molar-refractivity contribution < 1.29 is 42.9 Å². The summed E-state index contributed by atoms with van der Waals surface area (Å²) in [7, 11) is 0. The first-order valence-electron chi connectivity index (χ1n) is 15.0. The van der Waals surface area contributed by atoms with E-state index in [0.29, 0.717) is 30.9 Å². The quantitative estimate of drug-likeness (QED) is 0.224. The van der Waals surface area contributed by atoms with Gasteiger partial charge in [0.25, 0.3) is 0 Å². The lowest BCUT2D eigenvalue weighted by Crippen LogP contribution is -2.45. The van der Waals surface area contributed by atoms with Gasteiger partial charge >= 0.3 is 6.09 Å². The molecule has 4 rings (SSSR count). The zero-order chi connectivity index (χ0) is 31.0. The van der Waals surface area contributed by atoms with E-state index in [0.717, 1.165) is 37.0 Å². The van der Waals surface area contributed by atoms with Crippen molar-refractivity contribution in [3.63, 3.8) is 0 Å². The number of rotatable bonds is 10. The standard InChI is InChI=1S/C33H41NO9/c1-5-39-32(38)34(31(37)33(2,3)4)24-11-10-12-27(43-29-14-7-9-20-41-29)30(24)26(36)21-25(35)22-15-17-23(18-16-22)42-28-13-6-8-19-40-28/h10-12,15-18,28-29H,5-9,13-14,19-21H2,1-4H3. The van der Waals surface area contributed by atoms with Crippen LogP contribution in [0.15, 0.2) is 42.5 Å². The molecule has 2 amide bonds. The Kier molecular flexibility index (Phi) is 10.9. The number of nitrogens with zero attached hydrogens (tertiary/aromatic N) is 1. The third-order valence-corrected chi connectivity index (χ3v) is 7.12. The molecule has 10 heteroatoms. The minimum Gasteiger partial charge on any atom is -0.465 e. The van der Waals surface area contributed by atoms with Crippen LogP contribution in [0.25, 0.3) is 0 Å². The molecule has 0 aliphatic carbocycles. The predicted octanol–water partition coefficient (Wildman–Crippen LogP) is 6.49. The molecule has 232 valence electrons. The zero-order valence-corrected chi connectivity index (χ0v) is 25.4. The Morgan fingerprint density at radius 2 is 1.47 bits per heavy atom. The number of anilines is 1. The molecule has 2 atom stereocenters. The molecule has 2 aromatic carbocycles. The Bertz CT molecular complexity index is 1290. The Balaban J connectivity index is 1.64. The number of ketones is 2. The van der Waals surface area contributed by atoms with Crippen molar-refractivity contribution in [1.82, 2.24) is 0 Å². The van der Waals surface area contributed by atoms with E-state index in [1.54, 1.807) is 64.1 Å². The van der Waals surface area contributed by atoms with Gasteiger partial charge in [0.15, 0.2) is 24.1 Å². The molecule has 0 saturated carbocycles. The lowest BCUT2D eigenvalue weighted by Gasteiger charge is -2.30. The maximum atomic E-state index is 13.9. The Labute approximate surface area is 252 Å². The molecule has 0 aromatic heterocycles. The first-order chi connectivity index (χ1) is 20.6. The zero-order valence-electron chi connectivity index (χ0n) is 25.4. The minimum atomic E-state index is -0.987. The first kappa shape index (κ1) is 32.2. The molecule has 0 spiro atoms. The van der Waals surface area contributed by atoms with Crippen molar-refractivity contribution >= 4 is 29.3 Å². The summed E-state index contributed by atoms with van der Waals surface area (Å²) in [6.07, 6.45) is 2.84. The maximum Gasteiger partial charge on any atom is 0.421 e. The number of amides is 2. The molecule has 0 N–H and O–H groups in total. The topological polar surface area (TPSA) is 118 Å². The molecular weight excluding hydrogens is 554 g/mol. The van der Waals surface area contributed by atoms with Crippen LogP contribution in [0, 0.1) is 5.41 Å². The van der Waals surface area contributed by atoms with Gasteiger partial charge in [-0.25, -0.2) is 9.69 Å². The van der Waals surface area contributed by atoms with Gasteiger partial charge in [0, 0.05) is 23.8 Å². The van der Waals surface area contributed by atoms with Crippen LogP contribution in [0.3, 0.4) is 0 Å². The number of ether oxygens (including phenoxy) is 5.